The maximum Gasteiger partial charge on any atom is 0.275 e. The molecule has 0 aliphatic carbocycles. The summed E-state index contributed by atoms with van der Waals surface area (Å²) in [5.41, 5.74) is 8.32. The predicted molar refractivity (Wildman–Crippen MR) is 117 cm³/mol. The van der Waals surface area contributed by atoms with E-state index in [1.54, 1.807) is 17.1 Å². The number of carbonyl (C=O) groups is 1. The molecule has 0 aliphatic heterocycles. The minimum atomic E-state index is -0.238. The van der Waals surface area contributed by atoms with Gasteiger partial charge in [-0.3, -0.25) is 4.79 Å². The molecule has 0 bridgehead atoms. The van der Waals surface area contributed by atoms with Gasteiger partial charge in [0.05, 0.1) is 6.04 Å². The van der Waals surface area contributed by atoms with Crippen molar-refractivity contribution >= 4 is 34.7 Å². The van der Waals surface area contributed by atoms with Crippen molar-refractivity contribution < 1.29 is 9.53 Å². The number of aromatic nitrogens is 1. The molecule has 1 unspecified atom stereocenters. The second-order valence-electron chi connectivity index (χ2n) is 6.21. The van der Waals surface area contributed by atoms with Gasteiger partial charge in [0.2, 0.25) is 0 Å². The van der Waals surface area contributed by atoms with E-state index in [0.717, 1.165) is 28.5 Å². The van der Waals surface area contributed by atoms with Crippen molar-refractivity contribution in [2.75, 3.05) is 17.3 Å². The number of thioether (sulfide) groups is 1. The summed E-state index contributed by atoms with van der Waals surface area (Å²) in [6, 6.07) is 17.2. The summed E-state index contributed by atoms with van der Waals surface area (Å²) < 4.78 is 5.76. The van der Waals surface area contributed by atoms with E-state index in [9.17, 15) is 4.79 Å². The second kappa shape index (κ2) is 10.3. The number of nitrogens with zero attached hydrogens (tertiary/aromatic N) is 1. The monoisotopic (exact) mass is 413 g/mol. The number of benzene rings is 2. The number of anilines is 1. The van der Waals surface area contributed by atoms with Crippen molar-refractivity contribution in [2.24, 2.45) is 5.73 Å². The average Bonchev–Trinajstić information content (AvgIpc) is 3.23. The lowest BCUT2D eigenvalue weighted by Gasteiger charge is -2.08. The minimum Gasteiger partial charge on any atom is -0.489 e. The van der Waals surface area contributed by atoms with Crippen LogP contribution in [0.4, 0.5) is 5.69 Å². The van der Waals surface area contributed by atoms with Crippen molar-refractivity contribution in [2.45, 2.75) is 19.1 Å². The lowest BCUT2D eigenvalue weighted by Crippen LogP contribution is -2.14. The van der Waals surface area contributed by atoms with Crippen molar-refractivity contribution in [3.05, 3.63) is 76.2 Å². The molecule has 28 heavy (non-hydrogen) atoms. The Hall–Kier alpha value is -2.35. The molecule has 1 aromatic heterocycles. The molecule has 1 amide bonds. The molecule has 5 nitrogen and oxygen atoms in total. The van der Waals surface area contributed by atoms with Crippen LogP contribution in [-0.4, -0.2) is 22.9 Å². The zero-order valence-corrected chi connectivity index (χ0v) is 17.3. The topological polar surface area (TPSA) is 77.2 Å². The molecule has 0 saturated heterocycles. The Morgan fingerprint density at radius 2 is 1.96 bits per heavy atom. The van der Waals surface area contributed by atoms with Gasteiger partial charge in [0.1, 0.15) is 23.1 Å². The van der Waals surface area contributed by atoms with Gasteiger partial charge in [-0.2, -0.15) is 11.8 Å². The summed E-state index contributed by atoms with van der Waals surface area (Å²) in [6.07, 6.45) is 2.89. The number of rotatable bonds is 9. The van der Waals surface area contributed by atoms with Crippen LogP contribution in [0.1, 0.15) is 33.5 Å². The zero-order chi connectivity index (χ0) is 19.8. The van der Waals surface area contributed by atoms with E-state index in [2.05, 4.69) is 10.3 Å². The SMILES string of the molecule is CSCCC(N)c1nc(C(=O)Nc2ccc(OCc3ccccc3)cc2)cs1. The second-order valence-corrected chi connectivity index (χ2v) is 8.09. The molecule has 0 saturated carbocycles. The number of carbonyl (C=O) groups excluding carboxylic acids is 1. The lowest BCUT2D eigenvalue weighted by atomic mass is 10.2. The summed E-state index contributed by atoms with van der Waals surface area (Å²) in [5, 5.41) is 5.41. The third-order valence-corrected chi connectivity index (χ3v) is 5.69. The van der Waals surface area contributed by atoms with E-state index in [0.29, 0.717) is 18.0 Å². The van der Waals surface area contributed by atoms with Gasteiger partial charge in [0, 0.05) is 11.1 Å². The molecule has 7 heteroatoms. The van der Waals surface area contributed by atoms with Crippen LogP contribution in [0.15, 0.2) is 60.0 Å². The van der Waals surface area contributed by atoms with Crippen LogP contribution >= 0.6 is 23.1 Å². The summed E-state index contributed by atoms with van der Waals surface area (Å²) in [4.78, 5) is 16.8. The van der Waals surface area contributed by atoms with E-state index in [1.807, 2.05) is 60.9 Å². The third-order valence-electron chi connectivity index (χ3n) is 4.07. The highest BCUT2D eigenvalue weighted by atomic mass is 32.2. The fourth-order valence-electron chi connectivity index (χ4n) is 2.50. The van der Waals surface area contributed by atoms with E-state index < -0.39 is 0 Å². The van der Waals surface area contributed by atoms with Gasteiger partial charge in [-0.05, 0) is 48.3 Å². The van der Waals surface area contributed by atoms with Gasteiger partial charge in [0.25, 0.3) is 5.91 Å². The van der Waals surface area contributed by atoms with Crippen molar-refractivity contribution in [3.63, 3.8) is 0 Å². The smallest absolute Gasteiger partial charge is 0.275 e. The molecular weight excluding hydrogens is 390 g/mol. The lowest BCUT2D eigenvalue weighted by molar-refractivity contribution is 0.102. The Kier molecular flexibility index (Phi) is 7.47. The molecule has 1 heterocycles. The van der Waals surface area contributed by atoms with Gasteiger partial charge in [-0.25, -0.2) is 4.98 Å². The number of hydrogen-bond donors (Lipinski definition) is 2. The van der Waals surface area contributed by atoms with Gasteiger partial charge >= 0.3 is 0 Å². The Labute approximate surface area is 173 Å². The van der Waals surface area contributed by atoms with Crippen LogP contribution in [0, 0.1) is 0 Å². The fraction of sp³-hybridized carbons (Fsp3) is 0.238. The number of hydrogen-bond acceptors (Lipinski definition) is 6. The Bertz CT molecular complexity index is 882. The first-order chi connectivity index (χ1) is 13.7. The van der Waals surface area contributed by atoms with Crippen LogP contribution in [-0.2, 0) is 6.61 Å². The highest BCUT2D eigenvalue weighted by Gasteiger charge is 2.15. The molecule has 3 N–H and O–H groups in total. The van der Waals surface area contributed by atoms with Crippen LogP contribution < -0.4 is 15.8 Å². The maximum atomic E-state index is 12.4. The predicted octanol–water partition coefficient (Wildman–Crippen LogP) is 4.73. The molecule has 3 aromatic rings. The highest BCUT2D eigenvalue weighted by molar-refractivity contribution is 7.98. The number of nitrogens with two attached hydrogens (primary N) is 1. The quantitative estimate of drug-likeness (QED) is 0.530. The Balaban J connectivity index is 1.53. The van der Waals surface area contributed by atoms with Crippen molar-refractivity contribution in [1.29, 1.82) is 0 Å². The molecular formula is C21H23N3O2S2. The maximum absolute atomic E-state index is 12.4. The molecule has 2 aromatic carbocycles. The largest absolute Gasteiger partial charge is 0.489 e. The average molecular weight is 414 g/mol. The van der Waals surface area contributed by atoms with Crippen LogP contribution in [0.25, 0.3) is 0 Å². The van der Waals surface area contributed by atoms with E-state index in [4.69, 9.17) is 10.5 Å². The van der Waals surface area contributed by atoms with Crippen LogP contribution in [0.2, 0.25) is 0 Å². The molecule has 3 rings (SSSR count). The summed E-state index contributed by atoms with van der Waals surface area (Å²) in [7, 11) is 0. The van der Waals surface area contributed by atoms with Gasteiger partial charge < -0.3 is 15.8 Å². The third kappa shape index (κ3) is 5.82. The molecule has 0 spiro atoms. The standard InChI is InChI=1S/C21H23N3O2S2/c1-27-12-11-18(22)21-24-19(14-28-21)20(25)23-16-7-9-17(10-8-16)26-13-15-5-3-2-4-6-15/h2-10,14,18H,11-13,22H2,1H3,(H,23,25). The Morgan fingerprint density at radius 3 is 2.68 bits per heavy atom. The molecule has 0 fully saturated rings. The zero-order valence-electron chi connectivity index (χ0n) is 15.6. The van der Waals surface area contributed by atoms with Gasteiger partial charge in [-0.15, -0.1) is 11.3 Å². The molecule has 1 atom stereocenters. The normalized spacial score (nSPS) is 11.8. The van der Waals surface area contributed by atoms with Gasteiger partial charge in [-0.1, -0.05) is 30.3 Å². The summed E-state index contributed by atoms with van der Waals surface area (Å²) >= 11 is 3.18. The minimum absolute atomic E-state index is 0.125. The van der Waals surface area contributed by atoms with E-state index >= 15 is 0 Å². The first-order valence-corrected chi connectivity index (χ1v) is 11.2. The van der Waals surface area contributed by atoms with Crippen LogP contribution in [0.5, 0.6) is 5.75 Å². The van der Waals surface area contributed by atoms with Crippen molar-refractivity contribution in [3.8, 4) is 5.75 Å². The van der Waals surface area contributed by atoms with Gasteiger partial charge in [0.15, 0.2) is 0 Å². The molecule has 0 radical (unpaired) electrons. The number of nitrogens with one attached hydrogen (secondary N) is 1. The highest BCUT2D eigenvalue weighted by Crippen LogP contribution is 2.22. The Morgan fingerprint density at radius 1 is 1.21 bits per heavy atom. The van der Waals surface area contributed by atoms with E-state index in [1.165, 1.54) is 11.3 Å². The molecule has 146 valence electrons. The first kappa shape index (κ1) is 20.4. The number of thiazole rings is 1. The molecule has 0 aliphatic rings. The summed E-state index contributed by atoms with van der Waals surface area (Å²) in [5.74, 6) is 1.48. The van der Waals surface area contributed by atoms with Crippen molar-refractivity contribution in [1.82, 2.24) is 4.98 Å². The van der Waals surface area contributed by atoms with E-state index in [-0.39, 0.29) is 11.9 Å². The summed E-state index contributed by atoms with van der Waals surface area (Å²) in [6.45, 7) is 0.505. The fourth-order valence-corrected chi connectivity index (χ4v) is 3.83. The van der Waals surface area contributed by atoms with Crippen LogP contribution in [0.3, 0.4) is 0 Å². The number of amides is 1. The first-order valence-electron chi connectivity index (χ1n) is 8.94. The number of ether oxygens (including phenoxy) is 1.